The van der Waals surface area contributed by atoms with E-state index in [1.54, 1.807) is 11.3 Å². The second-order valence-electron chi connectivity index (χ2n) is 3.66. The van der Waals surface area contributed by atoms with Crippen molar-refractivity contribution < 1.29 is 4.79 Å². The molecule has 0 aliphatic rings. The first kappa shape index (κ1) is 9.87. The molecule has 0 saturated carbocycles. The number of carbonyl (C=O) groups is 1. The zero-order valence-corrected chi connectivity index (χ0v) is 10.0. The van der Waals surface area contributed by atoms with Gasteiger partial charge in [0.1, 0.15) is 6.29 Å². The molecule has 0 amide bonds. The minimum Gasteiger partial charge on any atom is -0.298 e. The molecule has 0 radical (unpaired) electrons. The van der Waals surface area contributed by atoms with Gasteiger partial charge in [0.25, 0.3) is 0 Å². The molecule has 16 heavy (non-hydrogen) atoms. The highest BCUT2D eigenvalue weighted by molar-refractivity contribution is 7.80. The van der Waals surface area contributed by atoms with Gasteiger partial charge in [0, 0.05) is 30.6 Å². The number of thiol groups is 1. The number of hydrogen-bond acceptors (Lipinski definition) is 3. The van der Waals surface area contributed by atoms with Crippen molar-refractivity contribution in [3.05, 3.63) is 42.0 Å². The summed E-state index contributed by atoms with van der Waals surface area (Å²) in [6.45, 7) is 0. The summed E-state index contributed by atoms with van der Waals surface area (Å²) in [4.78, 5) is 11.7. The van der Waals surface area contributed by atoms with Crippen LogP contribution in [0.15, 0.2) is 41.3 Å². The quantitative estimate of drug-likeness (QED) is 0.502. The van der Waals surface area contributed by atoms with E-state index in [-0.39, 0.29) is 0 Å². The fourth-order valence-corrected chi connectivity index (χ4v) is 3.13. The van der Waals surface area contributed by atoms with Gasteiger partial charge in [-0.3, -0.25) is 4.79 Å². The fourth-order valence-electron chi connectivity index (χ4n) is 1.86. The van der Waals surface area contributed by atoms with Gasteiger partial charge in [-0.15, -0.1) is 24.0 Å². The Labute approximate surface area is 102 Å². The van der Waals surface area contributed by atoms with Gasteiger partial charge >= 0.3 is 0 Å². The molecule has 1 heterocycles. The van der Waals surface area contributed by atoms with Crippen molar-refractivity contribution in [3.8, 4) is 0 Å². The molecular weight excluding hydrogens is 236 g/mol. The molecule has 3 heteroatoms. The fraction of sp³-hybridized carbons (Fsp3) is 0. The van der Waals surface area contributed by atoms with Crippen LogP contribution in [0.3, 0.4) is 0 Å². The molecule has 0 fully saturated rings. The average molecular weight is 244 g/mol. The minimum atomic E-state index is 0.719. The van der Waals surface area contributed by atoms with Crippen LogP contribution in [-0.4, -0.2) is 6.29 Å². The van der Waals surface area contributed by atoms with E-state index in [0.717, 1.165) is 22.1 Å². The largest absolute Gasteiger partial charge is 0.298 e. The molecule has 0 N–H and O–H groups in total. The third-order valence-electron chi connectivity index (χ3n) is 2.61. The van der Waals surface area contributed by atoms with E-state index < -0.39 is 0 Å². The van der Waals surface area contributed by atoms with Crippen LogP contribution in [0.4, 0.5) is 0 Å². The Hall–Kier alpha value is -1.32. The molecule has 1 nitrogen and oxygen atoms in total. The Bertz CT molecular complexity index is 698. The summed E-state index contributed by atoms with van der Waals surface area (Å²) in [5.41, 5.74) is 0.719. The predicted octanol–water partition coefficient (Wildman–Crippen LogP) is 4.16. The van der Waals surface area contributed by atoms with Crippen LogP contribution in [-0.2, 0) is 0 Å². The first-order valence-corrected chi connectivity index (χ1v) is 6.15. The van der Waals surface area contributed by atoms with Crippen LogP contribution in [0.2, 0.25) is 0 Å². The number of carbonyl (C=O) groups excluding carboxylic acids is 1. The maximum absolute atomic E-state index is 10.8. The van der Waals surface area contributed by atoms with Crippen molar-refractivity contribution in [2.45, 2.75) is 4.90 Å². The summed E-state index contributed by atoms with van der Waals surface area (Å²) in [6, 6.07) is 11.9. The SMILES string of the molecule is O=Cc1ccc2sc3ccc(S)cc3c2c1. The lowest BCUT2D eigenvalue weighted by Gasteiger charge is -1.94. The number of hydrogen-bond donors (Lipinski definition) is 1. The zero-order valence-electron chi connectivity index (χ0n) is 8.31. The van der Waals surface area contributed by atoms with E-state index >= 15 is 0 Å². The van der Waals surface area contributed by atoms with Crippen molar-refractivity contribution in [2.24, 2.45) is 0 Å². The van der Waals surface area contributed by atoms with Crippen molar-refractivity contribution in [1.82, 2.24) is 0 Å². The topological polar surface area (TPSA) is 17.1 Å². The predicted molar refractivity (Wildman–Crippen MR) is 72.0 cm³/mol. The Morgan fingerprint density at radius 2 is 1.69 bits per heavy atom. The molecule has 0 spiro atoms. The van der Waals surface area contributed by atoms with Crippen LogP contribution < -0.4 is 0 Å². The van der Waals surface area contributed by atoms with Gasteiger partial charge in [-0.05, 0) is 30.3 Å². The first-order valence-electron chi connectivity index (χ1n) is 4.88. The van der Waals surface area contributed by atoms with Crippen LogP contribution in [0.5, 0.6) is 0 Å². The molecular formula is C13H8OS2. The summed E-state index contributed by atoms with van der Waals surface area (Å²) in [6.07, 6.45) is 0.882. The number of rotatable bonds is 1. The highest BCUT2D eigenvalue weighted by atomic mass is 32.1. The molecule has 2 aromatic carbocycles. The summed E-state index contributed by atoms with van der Waals surface area (Å²) in [5, 5.41) is 2.32. The molecule has 0 unspecified atom stereocenters. The van der Waals surface area contributed by atoms with Gasteiger partial charge in [-0.2, -0.15) is 0 Å². The Kier molecular flexibility index (Phi) is 2.23. The summed E-state index contributed by atoms with van der Waals surface area (Å²) in [7, 11) is 0. The van der Waals surface area contributed by atoms with E-state index in [1.165, 1.54) is 14.8 Å². The second-order valence-corrected chi connectivity index (χ2v) is 5.26. The van der Waals surface area contributed by atoms with Crippen molar-refractivity contribution in [1.29, 1.82) is 0 Å². The Morgan fingerprint density at radius 1 is 1.00 bits per heavy atom. The average Bonchev–Trinajstić information content (AvgIpc) is 2.66. The van der Waals surface area contributed by atoms with Crippen LogP contribution in [0.1, 0.15) is 10.4 Å². The van der Waals surface area contributed by atoms with Gasteiger partial charge < -0.3 is 0 Å². The summed E-state index contributed by atoms with van der Waals surface area (Å²) >= 11 is 6.08. The number of benzene rings is 2. The minimum absolute atomic E-state index is 0.719. The molecule has 0 bridgehead atoms. The van der Waals surface area contributed by atoms with Crippen LogP contribution in [0.25, 0.3) is 20.2 Å². The Morgan fingerprint density at radius 3 is 2.44 bits per heavy atom. The van der Waals surface area contributed by atoms with E-state index in [4.69, 9.17) is 0 Å². The molecule has 3 rings (SSSR count). The maximum atomic E-state index is 10.8. The highest BCUT2D eigenvalue weighted by Gasteiger charge is 2.05. The highest BCUT2D eigenvalue weighted by Crippen LogP contribution is 2.35. The lowest BCUT2D eigenvalue weighted by Crippen LogP contribution is -1.76. The van der Waals surface area contributed by atoms with Gasteiger partial charge in [0.05, 0.1) is 0 Å². The second kappa shape index (κ2) is 3.61. The molecule has 78 valence electrons. The molecule has 0 aliphatic carbocycles. The smallest absolute Gasteiger partial charge is 0.150 e. The van der Waals surface area contributed by atoms with Crippen LogP contribution in [0, 0.1) is 0 Å². The first-order chi connectivity index (χ1) is 7.78. The molecule has 0 saturated heterocycles. The number of thiophene rings is 1. The van der Waals surface area contributed by atoms with Crippen molar-refractivity contribution in [2.75, 3.05) is 0 Å². The maximum Gasteiger partial charge on any atom is 0.150 e. The molecule has 3 aromatic rings. The van der Waals surface area contributed by atoms with Crippen molar-refractivity contribution >= 4 is 50.4 Å². The lowest BCUT2D eigenvalue weighted by molar-refractivity contribution is 0.112. The third kappa shape index (κ3) is 1.44. The lowest BCUT2D eigenvalue weighted by atomic mass is 10.1. The monoisotopic (exact) mass is 244 g/mol. The number of aldehydes is 1. The zero-order chi connectivity index (χ0) is 11.1. The van der Waals surface area contributed by atoms with E-state index in [9.17, 15) is 4.79 Å². The van der Waals surface area contributed by atoms with Gasteiger partial charge in [-0.25, -0.2) is 0 Å². The molecule has 0 atom stereocenters. The number of fused-ring (bicyclic) bond motifs is 3. The standard InChI is InChI=1S/C13H8OS2/c14-7-8-1-3-12-10(5-8)11-6-9(15)2-4-13(11)16-12/h1-7,15H. The Balaban J connectivity index is 2.49. The van der Waals surface area contributed by atoms with Crippen LogP contribution >= 0.6 is 24.0 Å². The van der Waals surface area contributed by atoms with Gasteiger partial charge in [0.2, 0.25) is 0 Å². The summed E-state index contributed by atoms with van der Waals surface area (Å²) in [5.74, 6) is 0. The van der Waals surface area contributed by atoms with E-state index in [1.807, 2.05) is 30.3 Å². The van der Waals surface area contributed by atoms with E-state index in [0.29, 0.717) is 0 Å². The van der Waals surface area contributed by atoms with Gasteiger partial charge in [0.15, 0.2) is 0 Å². The molecule has 0 aliphatic heterocycles. The van der Waals surface area contributed by atoms with Gasteiger partial charge in [-0.1, -0.05) is 6.07 Å². The molecule has 1 aromatic heterocycles. The third-order valence-corrected chi connectivity index (χ3v) is 4.04. The summed E-state index contributed by atoms with van der Waals surface area (Å²) < 4.78 is 2.44. The normalized spacial score (nSPS) is 11.1. The van der Waals surface area contributed by atoms with Crippen molar-refractivity contribution in [3.63, 3.8) is 0 Å². The van der Waals surface area contributed by atoms with E-state index in [2.05, 4.69) is 18.7 Å².